The molecule has 0 saturated carbocycles. The van der Waals surface area contributed by atoms with Crippen LogP contribution in [0.4, 0.5) is 0 Å². The van der Waals surface area contributed by atoms with E-state index in [1.165, 1.54) is 0 Å². The van der Waals surface area contributed by atoms with Gasteiger partial charge in [0.25, 0.3) is 0 Å². The minimum Gasteiger partial charge on any atom is -0.313 e. The first-order valence-electron chi connectivity index (χ1n) is 5.10. The highest BCUT2D eigenvalue weighted by atomic mass is 16.1. The molecular weight excluding hydrogens is 204 g/mol. The van der Waals surface area contributed by atoms with E-state index < -0.39 is 0 Å². The van der Waals surface area contributed by atoms with Gasteiger partial charge in [0.05, 0.1) is 12.2 Å². The van der Waals surface area contributed by atoms with Gasteiger partial charge in [0.15, 0.2) is 5.82 Å². The van der Waals surface area contributed by atoms with Crippen molar-refractivity contribution in [1.29, 1.82) is 0 Å². The van der Waals surface area contributed by atoms with Gasteiger partial charge in [0.1, 0.15) is 0 Å². The van der Waals surface area contributed by atoms with E-state index in [0.717, 1.165) is 11.3 Å². The number of hydrogen-bond donors (Lipinski definition) is 2. The van der Waals surface area contributed by atoms with Gasteiger partial charge in [-0.2, -0.15) is 5.10 Å². The molecule has 5 heteroatoms. The molecule has 0 bridgehead atoms. The normalized spacial score (nSPS) is 10.6. The summed E-state index contributed by atoms with van der Waals surface area (Å²) in [5, 5.41) is 9.40. The zero-order valence-electron chi connectivity index (χ0n) is 9.32. The Morgan fingerprint density at radius 2 is 2.06 bits per heavy atom. The Morgan fingerprint density at radius 1 is 1.38 bits per heavy atom. The SMILES string of the molecule is CNCc1n[nH]c(=O)n1-c1ccc(C)cc1. The first-order valence-corrected chi connectivity index (χ1v) is 5.10. The number of aromatic amines is 1. The monoisotopic (exact) mass is 218 g/mol. The maximum Gasteiger partial charge on any atom is 0.347 e. The number of H-pyrrole nitrogens is 1. The minimum atomic E-state index is -0.214. The standard InChI is InChI=1S/C11H14N4O/c1-8-3-5-9(6-4-8)15-10(7-12-2)13-14-11(15)16/h3-6,12H,7H2,1-2H3,(H,14,16). The van der Waals surface area contributed by atoms with Crippen molar-refractivity contribution in [3.05, 3.63) is 46.1 Å². The van der Waals surface area contributed by atoms with Gasteiger partial charge in [-0.25, -0.2) is 14.5 Å². The Labute approximate surface area is 93.1 Å². The van der Waals surface area contributed by atoms with Crippen LogP contribution in [0.3, 0.4) is 0 Å². The summed E-state index contributed by atoms with van der Waals surface area (Å²) in [6, 6.07) is 7.76. The van der Waals surface area contributed by atoms with E-state index in [4.69, 9.17) is 0 Å². The molecule has 5 nitrogen and oxygen atoms in total. The molecule has 0 aliphatic carbocycles. The fraction of sp³-hybridized carbons (Fsp3) is 0.273. The third-order valence-corrected chi connectivity index (χ3v) is 2.37. The number of benzene rings is 1. The minimum absolute atomic E-state index is 0.214. The Kier molecular flexibility index (Phi) is 2.87. The topological polar surface area (TPSA) is 62.7 Å². The molecule has 2 N–H and O–H groups in total. The fourth-order valence-electron chi connectivity index (χ4n) is 1.57. The predicted octanol–water partition coefficient (Wildman–Crippen LogP) is 0.588. The van der Waals surface area contributed by atoms with Crippen molar-refractivity contribution >= 4 is 0 Å². The lowest BCUT2D eigenvalue weighted by Gasteiger charge is -2.05. The molecule has 2 rings (SSSR count). The van der Waals surface area contributed by atoms with E-state index in [-0.39, 0.29) is 5.69 Å². The number of hydrogen-bond acceptors (Lipinski definition) is 3. The molecule has 0 atom stereocenters. The molecule has 0 radical (unpaired) electrons. The number of nitrogens with zero attached hydrogens (tertiary/aromatic N) is 2. The lowest BCUT2D eigenvalue weighted by Crippen LogP contribution is -2.19. The summed E-state index contributed by atoms with van der Waals surface area (Å²) in [4.78, 5) is 11.6. The zero-order chi connectivity index (χ0) is 11.5. The summed E-state index contributed by atoms with van der Waals surface area (Å²) in [5.41, 5.74) is 1.78. The van der Waals surface area contributed by atoms with Gasteiger partial charge < -0.3 is 5.32 Å². The van der Waals surface area contributed by atoms with Crippen molar-refractivity contribution < 1.29 is 0 Å². The fourth-order valence-corrected chi connectivity index (χ4v) is 1.57. The molecule has 1 heterocycles. The van der Waals surface area contributed by atoms with Crippen LogP contribution in [0.15, 0.2) is 29.1 Å². The van der Waals surface area contributed by atoms with Crippen molar-refractivity contribution in [1.82, 2.24) is 20.1 Å². The second-order valence-electron chi connectivity index (χ2n) is 3.65. The van der Waals surface area contributed by atoms with E-state index >= 15 is 0 Å². The van der Waals surface area contributed by atoms with Crippen LogP contribution in [0, 0.1) is 6.92 Å². The summed E-state index contributed by atoms with van der Waals surface area (Å²) >= 11 is 0. The van der Waals surface area contributed by atoms with E-state index in [2.05, 4.69) is 15.5 Å². The van der Waals surface area contributed by atoms with E-state index in [1.54, 1.807) is 4.57 Å². The maximum absolute atomic E-state index is 11.6. The molecule has 1 aromatic carbocycles. The van der Waals surface area contributed by atoms with Crippen molar-refractivity contribution in [3.8, 4) is 5.69 Å². The van der Waals surface area contributed by atoms with Gasteiger partial charge in [-0.15, -0.1) is 0 Å². The van der Waals surface area contributed by atoms with E-state index in [9.17, 15) is 4.79 Å². The van der Waals surface area contributed by atoms with Gasteiger partial charge >= 0.3 is 5.69 Å². The van der Waals surface area contributed by atoms with Gasteiger partial charge in [0, 0.05) is 0 Å². The summed E-state index contributed by atoms with van der Waals surface area (Å²) in [6.45, 7) is 2.56. The molecule has 0 unspecified atom stereocenters. The lowest BCUT2D eigenvalue weighted by atomic mass is 10.2. The second kappa shape index (κ2) is 4.32. The molecule has 0 spiro atoms. The van der Waals surface area contributed by atoms with Crippen molar-refractivity contribution in [2.45, 2.75) is 13.5 Å². The van der Waals surface area contributed by atoms with Gasteiger partial charge in [0.2, 0.25) is 0 Å². The number of aromatic nitrogens is 3. The quantitative estimate of drug-likeness (QED) is 0.792. The summed E-state index contributed by atoms with van der Waals surface area (Å²) in [7, 11) is 1.82. The summed E-state index contributed by atoms with van der Waals surface area (Å²) in [6.07, 6.45) is 0. The number of nitrogens with one attached hydrogen (secondary N) is 2. The van der Waals surface area contributed by atoms with Gasteiger partial charge in [-0.05, 0) is 26.1 Å². The van der Waals surface area contributed by atoms with Crippen LogP contribution in [-0.2, 0) is 6.54 Å². The lowest BCUT2D eigenvalue weighted by molar-refractivity contribution is 0.734. The second-order valence-corrected chi connectivity index (χ2v) is 3.65. The molecule has 0 fully saturated rings. The molecule has 0 aliphatic rings. The Bertz CT molecular complexity index is 524. The summed E-state index contributed by atoms with van der Waals surface area (Å²) in [5.74, 6) is 0.677. The average Bonchev–Trinajstić information content (AvgIpc) is 2.62. The summed E-state index contributed by atoms with van der Waals surface area (Å²) < 4.78 is 1.57. The average molecular weight is 218 g/mol. The molecule has 0 aliphatic heterocycles. The van der Waals surface area contributed by atoms with Crippen LogP contribution in [0.25, 0.3) is 5.69 Å². The van der Waals surface area contributed by atoms with E-state index in [1.807, 2.05) is 38.2 Å². The third-order valence-electron chi connectivity index (χ3n) is 2.37. The van der Waals surface area contributed by atoms with E-state index in [0.29, 0.717) is 12.4 Å². The third kappa shape index (κ3) is 1.90. The first kappa shape index (κ1) is 10.6. The van der Waals surface area contributed by atoms with Crippen molar-refractivity contribution in [3.63, 3.8) is 0 Å². The molecule has 2 aromatic rings. The largest absolute Gasteiger partial charge is 0.347 e. The zero-order valence-corrected chi connectivity index (χ0v) is 9.32. The molecular formula is C11H14N4O. The highest BCUT2D eigenvalue weighted by molar-refractivity contribution is 5.34. The number of rotatable bonds is 3. The molecule has 84 valence electrons. The van der Waals surface area contributed by atoms with Crippen molar-refractivity contribution in [2.24, 2.45) is 0 Å². The first-order chi connectivity index (χ1) is 7.72. The maximum atomic E-state index is 11.6. The van der Waals surface area contributed by atoms with Crippen LogP contribution in [0.1, 0.15) is 11.4 Å². The van der Waals surface area contributed by atoms with Crippen LogP contribution in [-0.4, -0.2) is 21.8 Å². The van der Waals surface area contributed by atoms with Crippen LogP contribution >= 0.6 is 0 Å². The van der Waals surface area contributed by atoms with Crippen molar-refractivity contribution in [2.75, 3.05) is 7.05 Å². The Balaban J connectivity index is 2.50. The van der Waals surface area contributed by atoms with Gasteiger partial charge in [-0.1, -0.05) is 17.7 Å². The number of aryl methyl sites for hydroxylation is 1. The molecule has 16 heavy (non-hydrogen) atoms. The Hall–Kier alpha value is -1.88. The highest BCUT2D eigenvalue weighted by Gasteiger charge is 2.08. The predicted molar refractivity (Wildman–Crippen MR) is 61.7 cm³/mol. The molecule has 1 aromatic heterocycles. The molecule has 0 amide bonds. The van der Waals surface area contributed by atoms with Crippen LogP contribution < -0.4 is 11.0 Å². The van der Waals surface area contributed by atoms with Gasteiger partial charge in [-0.3, -0.25) is 0 Å². The van der Waals surface area contributed by atoms with Crippen LogP contribution in [0.2, 0.25) is 0 Å². The smallest absolute Gasteiger partial charge is 0.313 e. The Morgan fingerprint density at radius 3 is 2.69 bits per heavy atom. The molecule has 0 saturated heterocycles. The highest BCUT2D eigenvalue weighted by Crippen LogP contribution is 2.08. The van der Waals surface area contributed by atoms with Crippen LogP contribution in [0.5, 0.6) is 0 Å².